The van der Waals surface area contributed by atoms with Crippen LogP contribution >= 0.6 is 0 Å². The second-order valence-corrected chi connectivity index (χ2v) is 12.7. The van der Waals surface area contributed by atoms with Crippen molar-refractivity contribution in [1.82, 2.24) is 15.8 Å². The number of hydrogen-bond acceptors (Lipinski definition) is 11. The number of benzene rings is 1. The molecule has 0 radical (unpaired) electrons. The first kappa shape index (κ1) is 31.0. The molecule has 8 N–H and O–H groups in total. The number of amides is 2. The molecule has 0 spiro atoms. The van der Waals surface area contributed by atoms with Gasteiger partial charge in [-0.05, 0) is 44.5 Å². The van der Waals surface area contributed by atoms with Crippen LogP contribution in [-0.2, 0) is 27.3 Å². The Bertz CT molecular complexity index is 1450. The number of nitrogens with one attached hydrogen (secondary N) is 2. The summed E-state index contributed by atoms with van der Waals surface area (Å²) >= 11 is 0. The summed E-state index contributed by atoms with van der Waals surface area (Å²) in [5, 5.41) is 45.4. The number of likely N-dealkylation sites (N-methyl/N-ethyl adjacent to an activating group) is 1. The van der Waals surface area contributed by atoms with Crippen LogP contribution in [0.15, 0.2) is 28.7 Å². The van der Waals surface area contributed by atoms with Gasteiger partial charge in [-0.2, -0.15) is 0 Å². The van der Waals surface area contributed by atoms with Crippen molar-refractivity contribution < 1.29 is 39.6 Å². The molecule has 13 nitrogen and oxygen atoms in total. The van der Waals surface area contributed by atoms with Crippen molar-refractivity contribution in [3.05, 3.63) is 45.4 Å². The van der Waals surface area contributed by atoms with Crippen LogP contribution in [0.2, 0.25) is 0 Å². The molecule has 0 aliphatic heterocycles. The van der Waals surface area contributed by atoms with E-state index in [-0.39, 0.29) is 47.7 Å². The number of aliphatic hydroxyl groups excluding tert-OH is 2. The van der Waals surface area contributed by atoms with Crippen molar-refractivity contribution in [2.75, 3.05) is 33.1 Å². The topological polar surface area (TPSA) is 206 Å². The summed E-state index contributed by atoms with van der Waals surface area (Å²) in [6, 6.07) is 0.639. The fourth-order valence-corrected chi connectivity index (χ4v) is 6.29. The lowest BCUT2D eigenvalue weighted by Crippen LogP contribution is -2.63. The number of hydrogen-bond donors (Lipinski definition) is 7. The van der Waals surface area contributed by atoms with Crippen LogP contribution in [0.1, 0.15) is 48.7 Å². The smallest absolute Gasteiger partial charge is 0.255 e. The number of aliphatic hydroxyl groups is 3. The normalized spacial score (nSPS) is 25.7. The number of rotatable bonds is 6. The maximum absolute atomic E-state index is 14.1. The molecule has 0 heterocycles. The van der Waals surface area contributed by atoms with E-state index in [0.717, 1.165) is 0 Å². The Morgan fingerprint density at radius 2 is 1.74 bits per heavy atom. The minimum Gasteiger partial charge on any atom is -0.510 e. The number of hydrazine groups is 1. The minimum atomic E-state index is -2.71. The van der Waals surface area contributed by atoms with Gasteiger partial charge in [0, 0.05) is 48.8 Å². The SMILES string of the molecule is CN(C)c1cc(CNNC(=O)C(C)(C)C)c(O)c2c1C[C@H]1C[C@H]3[C@H](N(C)C)C(O)=C(C(N)=O)C(=O)[C@@]3(O)C(O)=C1C2=O. The quantitative estimate of drug-likeness (QED) is 0.179. The largest absolute Gasteiger partial charge is 0.510 e. The molecule has 1 aromatic rings. The molecular formula is C29H39N5O8. The Morgan fingerprint density at radius 3 is 2.26 bits per heavy atom. The summed E-state index contributed by atoms with van der Waals surface area (Å²) < 4.78 is 0. The maximum Gasteiger partial charge on any atom is 0.255 e. The van der Waals surface area contributed by atoms with E-state index in [2.05, 4.69) is 10.9 Å². The van der Waals surface area contributed by atoms with Gasteiger partial charge in [0.15, 0.2) is 11.4 Å². The number of aromatic hydroxyl groups is 1. The molecule has 0 fully saturated rings. The lowest BCUT2D eigenvalue weighted by atomic mass is 9.58. The summed E-state index contributed by atoms with van der Waals surface area (Å²) in [5.41, 5.74) is 7.59. The van der Waals surface area contributed by atoms with Gasteiger partial charge in [-0.15, -0.1) is 0 Å². The lowest BCUT2D eigenvalue weighted by molar-refractivity contribution is -0.148. The van der Waals surface area contributed by atoms with E-state index in [4.69, 9.17) is 5.73 Å². The molecule has 0 aromatic heterocycles. The first-order chi connectivity index (χ1) is 19.3. The molecule has 3 aliphatic carbocycles. The summed E-state index contributed by atoms with van der Waals surface area (Å²) in [5.74, 6) is -7.32. The van der Waals surface area contributed by atoms with Crippen molar-refractivity contribution in [1.29, 1.82) is 0 Å². The van der Waals surface area contributed by atoms with Crippen LogP contribution in [0.5, 0.6) is 5.75 Å². The van der Waals surface area contributed by atoms with E-state index >= 15 is 0 Å². The number of phenolic OH excluding ortho intramolecular Hbond substituents is 1. The van der Waals surface area contributed by atoms with Gasteiger partial charge in [0.1, 0.15) is 22.8 Å². The monoisotopic (exact) mass is 585 g/mol. The number of anilines is 1. The molecule has 0 saturated heterocycles. The third-order valence-corrected chi connectivity index (χ3v) is 8.42. The molecule has 2 amide bonds. The predicted molar refractivity (Wildman–Crippen MR) is 152 cm³/mol. The van der Waals surface area contributed by atoms with Crippen molar-refractivity contribution in [2.45, 2.75) is 51.8 Å². The number of Topliss-reactive ketones (excluding diaryl/α,β-unsaturated/α-hetero) is 2. The Morgan fingerprint density at radius 1 is 1.12 bits per heavy atom. The van der Waals surface area contributed by atoms with Crippen LogP contribution in [0.3, 0.4) is 0 Å². The predicted octanol–water partition coefficient (Wildman–Crippen LogP) is 0.354. The van der Waals surface area contributed by atoms with E-state index in [0.29, 0.717) is 11.3 Å². The molecule has 13 heteroatoms. The first-order valence-corrected chi connectivity index (χ1v) is 13.6. The summed E-state index contributed by atoms with van der Waals surface area (Å²) in [6.07, 6.45) is 0.172. The maximum atomic E-state index is 14.1. The summed E-state index contributed by atoms with van der Waals surface area (Å²) in [4.78, 5) is 55.3. The van der Waals surface area contributed by atoms with Crippen molar-refractivity contribution >= 4 is 29.1 Å². The number of primary amides is 1. The fourth-order valence-electron chi connectivity index (χ4n) is 6.29. The van der Waals surface area contributed by atoms with E-state index < -0.39 is 63.5 Å². The van der Waals surface area contributed by atoms with Crippen LogP contribution in [0.25, 0.3) is 0 Å². The third kappa shape index (κ3) is 4.61. The van der Waals surface area contributed by atoms with Gasteiger partial charge in [-0.1, -0.05) is 20.8 Å². The van der Waals surface area contributed by atoms with Crippen molar-refractivity contribution in [2.24, 2.45) is 23.0 Å². The van der Waals surface area contributed by atoms with E-state index in [1.54, 1.807) is 59.9 Å². The number of nitrogens with two attached hydrogens (primary N) is 1. The van der Waals surface area contributed by atoms with Crippen molar-refractivity contribution in [3.8, 4) is 5.75 Å². The zero-order valence-corrected chi connectivity index (χ0v) is 24.8. The van der Waals surface area contributed by atoms with Gasteiger partial charge in [0.25, 0.3) is 5.91 Å². The second-order valence-electron chi connectivity index (χ2n) is 12.7. The van der Waals surface area contributed by atoms with Gasteiger partial charge < -0.3 is 31.1 Å². The fraction of sp³-hybridized carbons (Fsp3) is 0.517. The highest BCUT2D eigenvalue weighted by Crippen LogP contribution is 2.53. The molecule has 228 valence electrons. The van der Waals surface area contributed by atoms with Crippen LogP contribution in [0.4, 0.5) is 5.69 Å². The highest BCUT2D eigenvalue weighted by atomic mass is 16.3. The number of phenols is 1. The zero-order valence-electron chi connectivity index (χ0n) is 24.8. The molecule has 1 aromatic carbocycles. The molecule has 42 heavy (non-hydrogen) atoms. The van der Waals surface area contributed by atoms with Gasteiger partial charge in [-0.25, -0.2) is 5.43 Å². The molecule has 0 saturated carbocycles. The average Bonchev–Trinajstić information content (AvgIpc) is 2.86. The Balaban J connectivity index is 1.85. The number of allylic oxidation sites excluding steroid dienone is 1. The molecule has 0 unspecified atom stereocenters. The minimum absolute atomic E-state index is 0.00152. The second kappa shape index (κ2) is 10.4. The Labute approximate surface area is 243 Å². The highest BCUT2D eigenvalue weighted by molar-refractivity contribution is 6.25. The Hall–Kier alpha value is -3.94. The lowest BCUT2D eigenvalue weighted by Gasteiger charge is -2.50. The molecule has 4 atom stereocenters. The Kier molecular flexibility index (Phi) is 7.68. The van der Waals surface area contributed by atoms with Gasteiger partial charge in [0.05, 0.1) is 11.6 Å². The van der Waals surface area contributed by atoms with Crippen LogP contribution < -0.4 is 21.5 Å². The number of carbonyl (C=O) groups is 4. The molecule has 3 aliphatic rings. The number of ketones is 2. The van der Waals surface area contributed by atoms with Crippen LogP contribution in [0, 0.1) is 17.3 Å². The molecular weight excluding hydrogens is 546 g/mol. The van der Waals surface area contributed by atoms with Crippen molar-refractivity contribution in [3.63, 3.8) is 0 Å². The van der Waals surface area contributed by atoms with Gasteiger partial charge in [0.2, 0.25) is 11.7 Å². The molecule has 0 bridgehead atoms. The van der Waals surface area contributed by atoms with Crippen LogP contribution in [-0.4, -0.2) is 88.5 Å². The first-order valence-electron chi connectivity index (χ1n) is 13.6. The number of fused-ring (bicyclic) bond motifs is 3. The van der Waals surface area contributed by atoms with E-state index in [1.807, 2.05) is 0 Å². The van der Waals surface area contributed by atoms with Gasteiger partial charge in [-0.3, -0.25) is 29.5 Å². The third-order valence-electron chi connectivity index (χ3n) is 8.42. The number of nitrogens with zero attached hydrogens (tertiary/aromatic N) is 2. The highest BCUT2D eigenvalue weighted by Gasteiger charge is 2.63. The summed E-state index contributed by atoms with van der Waals surface area (Å²) in [6.45, 7) is 5.18. The summed E-state index contributed by atoms with van der Waals surface area (Å²) in [7, 11) is 6.70. The van der Waals surface area contributed by atoms with E-state index in [1.165, 1.54) is 4.90 Å². The standard InChI is InChI=1S/C29H39N5O8/c1-28(2,3)27(41)32-31-11-13-10-16(33(4)5)14-8-12-9-15-20(34(6)7)23(37)19(26(30)40)25(39)29(15,42)24(38)17(12)22(36)18(14)21(13)35/h10,12,15,20,31,35,37-38,42H,8-9,11H2,1-7H3,(H2,30,40)(H,32,41)/t12-,15-,20-,29-/m0/s1. The zero-order chi connectivity index (χ0) is 31.6. The van der Waals surface area contributed by atoms with Gasteiger partial charge >= 0.3 is 0 Å². The molecule has 4 rings (SSSR count). The number of carbonyl (C=O) groups excluding carboxylic acids is 4. The van der Waals surface area contributed by atoms with E-state index in [9.17, 15) is 39.6 Å². The average molecular weight is 586 g/mol.